The molecule has 1 saturated heterocycles. The summed E-state index contributed by atoms with van der Waals surface area (Å²) < 4.78 is 1.05. The molecule has 2 aliphatic rings. The molecule has 154 valence electrons. The number of fused-ring (bicyclic) bond motifs is 4. The number of rotatable bonds is 2. The zero-order valence-corrected chi connectivity index (χ0v) is 18.7. The second-order valence-electron chi connectivity index (χ2n) is 8.60. The van der Waals surface area contributed by atoms with Gasteiger partial charge in [-0.05, 0) is 69.8 Å². The molecule has 0 aliphatic carbocycles. The normalized spacial score (nSPS) is 20.8. The molecule has 0 unspecified atom stereocenters. The lowest BCUT2D eigenvalue weighted by Gasteiger charge is -2.39. The number of carbonyl (C=O) groups is 1. The van der Waals surface area contributed by atoms with E-state index in [1.165, 1.54) is 32.7 Å². The number of halogens is 1. The van der Waals surface area contributed by atoms with Gasteiger partial charge in [0.2, 0.25) is 5.91 Å². The second kappa shape index (κ2) is 7.38. The zero-order chi connectivity index (χ0) is 20.9. The van der Waals surface area contributed by atoms with E-state index in [0.717, 1.165) is 29.5 Å². The van der Waals surface area contributed by atoms with Crippen LogP contribution in [-0.2, 0) is 4.79 Å². The van der Waals surface area contributed by atoms with Crippen molar-refractivity contribution in [3.8, 4) is 0 Å². The maximum atomic E-state index is 12.7. The standard InChI is InChI=1S/C27H23BrN2O/c28-18-11-12-24-23(15-18)26(30-13-5-10-27(30)31)16-25(29-24)22-14-17-6-1-2-7-19(17)20-8-3-4-9-21(20)22/h1-4,6-9,11-12,14-15,25-26,29H,5,10,13,16H2/t25-,26-/m0/s1. The van der Waals surface area contributed by atoms with E-state index in [1.54, 1.807) is 0 Å². The topological polar surface area (TPSA) is 32.3 Å². The monoisotopic (exact) mass is 470 g/mol. The molecule has 4 aromatic carbocycles. The van der Waals surface area contributed by atoms with Crippen molar-refractivity contribution in [1.82, 2.24) is 4.90 Å². The molecule has 0 bridgehead atoms. The lowest BCUT2D eigenvalue weighted by atomic mass is 9.85. The van der Waals surface area contributed by atoms with Gasteiger partial charge < -0.3 is 10.2 Å². The number of nitrogens with zero attached hydrogens (tertiary/aromatic N) is 1. The molecule has 0 aromatic heterocycles. The Bertz CT molecular complexity index is 1330. The molecule has 3 nitrogen and oxygen atoms in total. The molecule has 4 aromatic rings. The van der Waals surface area contributed by atoms with E-state index < -0.39 is 0 Å². The Morgan fingerprint density at radius 2 is 1.65 bits per heavy atom. The maximum absolute atomic E-state index is 12.7. The molecule has 2 aliphatic heterocycles. The number of carbonyl (C=O) groups excluding carboxylic acids is 1. The number of likely N-dealkylation sites (tertiary alicyclic amines) is 1. The minimum absolute atomic E-state index is 0.0963. The number of amides is 1. The number of benzene rings is 4. The molecule has 4 heteroatoms. The highest BCUT2D eigenvalue weighted by atomic mass is 79.9. The van der Waals surface area contributed by atoms with Crippen molar-refractivity contribution in [2.75, 3.05) is 11.9 Å². The minimum Gasteiger partial charge on any atom is -0.378 e. The first-order valence-corrected chi connectivity index (χ1v) is 11.7. The van der Waals surface area contributed by atoms with E-state index in [1.807, 2.05) is 0 Å². The summed E-state index contributed by atoms with van der Waals surface area (Å²) in [5.74, 6) is 0.278. The molecule has 1 N–H and O–H groups in total. The van der Waals surface area contributed by atoms with Crippen LogP contribution in [0.5, 0.6) is 0 Å². The van der Waals surface area contributed by atoms with E-state index >= 15 is 0 Å². The molecule has 31 heavy (non-hydrogen) atoms. The summed E-state index contributed by atoms with van der Waals surface area (Å²) >= 11 is 3.63. The third kappa shape index (κ3) is 3.12. The molecule has 2 atom stereocenters. The lowest BCUT2D eigenvalue weighted by molar-refractivity contribution is -0.130. The van der Waals surface area contributed by atoms with Crippen LogP contribution in [0.25, 0.3) is 21.5 Å². The summed E-state index contributed by atoms with van der Waals surface area (Å²) in [5.41, 5.74) is 3.65. The van der Waals surface area contributed by atoms with Crippen molar-refractivity contribution in [2.24, 2.45) is 0 Å². The van der Waals surface area contributed by atoms with Crippen molar-refractivity contribution in [3.05, 3.63) is 88.4 Å². The van der Waals surface area contributed by atoms with Crippen LogP contribution in [0.1, 0.15) is 42.5 Å². The smallest absolute Gasteiger partial charge is 0.223 e. The van der Waals surface area contributed by atoms with E-state index in [4.69, 9.17) is 0 Å². The highest BCUT2D eigenvalue weighted by Gasteiger charge is 2.36. The van der Waals surface area contributed by atoms with Crippen molar-refractivity contribution in [3.63, 3.8) is 0 Å². The Morgan fingerprint density at radius 3 is 2.45 bits per heavy atom. The van der Waals surface area contributed by atoms with Gasteiger partial charge in [0.1, 0.15) is 0 Å². The molecule has 2 heterocycles. The fourth-order valence-electron chi connectivity index (χ4n) is 5.41. The predicted molar refractivity (Wildman–Crippen MR) is 130 cm³/mol. The van der Waals surface area contributed by atoms with E-state index in [0.29, 0.717) is 6.42 Å². The summed E-state index contributed by atoms with van der Waals surface area (Å²) in [6.45, 7) is 0.848. The van der Waals surface area contributed by atoms with Gasteiger partial charge in [-0.3, -0.25) is 4.79 Å². The number of hydrogen-bond acceptors (Lipinski definition) is 2. The molecular weight excluding hydrogens is 448 g/mol. The van der Waals surface area contributed by atoms with Crippen molar-refractivity contribution < 1.29 is 4.79 Å². The fourth-order valence-corrected chi connectivity index (χ4v) is 5.79. The summed E-state index contributed by atoms with van der Waals surface area (Å²) in [6, 6.07) is 26.3. The van der Waals surface area contributed by atoms with Crippen LogP contribution in [0.15, 0.2) is 77.3 Å². The van der Waals surface area contributed by atoms with Crippen LogP contribution in [-0.4, -0.2) is 17.4 Å². The molecule has 0 radical (unpaired) electrons. The predicted octanol–water partition coefficient (Wildman–Crippen LogP) is 6.98. The summed E-state index contributed by atoms with van der Waals surface area (Å²) in [4.78, 5) is 14.8. The van der Waals surface area contributed by atoms with Crippen LogP contribution in [0, 0.1) is 0 Å². The fraction of sp³-hybridized carbons (Fsp3) is 0.222. The van der Waals surface area contributed by atoms with Crippen molar-refractivity contribution >= 4 is 49.1 Å². The Morgan fingerprint density at radius 1 is 0.871 bits per heavy atom. The Labute approximate surface area is 190 Å². The molecular formula is C27H23BrN2O. The number of nitrogens with one attached hydrogen (secondary N) is 1. The zero-order valence-electron chi connectivity index (χ0n) is 17.1. The summed E-state index contributed by atoms with van der Waals surface area (Å²) in [5, 5.41) is 8.92. The third-order valence-electron chi connectivity index (χ3n) is 6.82. The van der Waals surface area contributed by atoms with Gasteiger partial charge in [0.05, 0.1) is 12.1 Å². The first-order valence-electron chi connectivity index (χ1n) is 10.9. The van der Waals surface area contributed by atoms with Crippen LogP contribution in [0.3, 0.4) is 0 Å². The largest absolute Gasteiger partial charge is 0.378 e. The van der Waals surface area contributed by atoms with E-state index in [-0.39, 0.29) is 18.0 Å². The first kappa shape index (κ1) is 18.9. The number of hydrogen-bond donors (Lipinski definition) is 1. The lowest BCUT2D eigenvalue weighted by Crippen LogP contribution is -2.35. The Balaban J connectivity index is 1.53. The highest BCUT2D eigenvalue weighted by molar-refractivity contribution is 9.10. The van der Waals surface area contributed by atoms with Crippen LogP contribution in [0.2, 0.25) is 0 Å². The van der Waals surface area contributed by atoms with Gasteiger partial charge in [-0.2, -0.15) is 0 Å². The van der Waals surface area contributed by atoms with Gasteiger partial charge in [-0.1, -0.05) is 64.5 Å². The average Bonchev–Trinajstić information content (AvgIpc) is 3.23. The molecule has 1 amide bonds. The molecule has 1 fully saturated rings. The Kier molecular flexibility index (Phi) is 4.50. The van der Waals surface area contributed by atoms with E-state index in [9.17, 15) is 4.79 Å². The van der Waals surface area contributed by atoms with Crippen LogP contribution < -0.4 is 5.32 Å². The molecule has 0 saturated carbocycles. The minimum atomic E-state index is 0.0963. The van der Waals surface area contributed by atoms with Gasteiger partial charge in [-0.15, -0.1) is 0 Å². The summed E-state index contributed by atoms with van der Waals surface area (Å²) in [7, 11) is 0. The van der Waals surface area contributed by atoms with Gasteiger partial charge in [0.25, 0.3) is 0 Å². The Hall–Kier alpha value is -2.85. The van der Waals surface area contributed by atoms with Gasteiger partial charge in [0, 0.05) is 23.1 Å². The van der Waals surface area contributed by atoms with Crippen LogP contribution >= 0.6 is 15.9 Å². The second-order valence-corrected chi connectivity index (χ2v) is 9.52. The third-order valence-corrected chi connectivity index (χ3v) is 7.32. The maximum Gasteiger partial charge on any atom is 0.223 e. The first-order chi connectivity index (χ1) is 15.2. The quantitative estimate of drug-likeness (QED) is 0.320. The van der Waals surface area contributed by atoms with Crippen LogP contribution in [0.4, 0.5) is 5.69 Å². The number of anilines is 1. The van der Waals surface area contributed by atoms with Crippen molar-refractivity contribution in [2.45, 2.75) is 31.3 Å². The van der Waals surface area contributed by atoms with E-state index in [2.05, 4.69) is 98.9 Å². The van der Waals surface area contributed by atoms with Gasteiger partial charge >= 0.3 is 0 Å². The molecule has 0 spiro atoms. The van der Waals surface area contributed by atoms with Crippen molar-refractivity contribution in [1.29, 1.82) is 0 Å². The highest BCUT2D eigenvalue weighted by Crippen LogP contribution is 2.46. The SMILES string of the molecule is O=C1CCCN1[C@H]1C[C@@H](c2cc3ccccc3c3ccccc23)Nc2ccc(Br)cc21. The average molecular weight is 471 g/mol. The van der Waals surface area contributed by atoms with Gasteiger partial charge in [0.15, 0.2) is 0 Å². The summed E-state index contributed by atoms with van der Waals surface area (Å²) in [6.07, 6.45) is 2.49. The van der Waals surface area contributed by atoms with Gasteiger partial charge in [-0.25, -0.2) is 0 Å². The molecule has 6 rings (SSSR count).